The fraction of sp³-hybridized carbons (Fsp3) is 0.273. The Kier molecular flexibility index (Phi) is 4.41. The molecular weight excluding hydrogens is 178 g/mol. The first-order valence-corrected chi connectivity index (χ1v) is 4.55. The van der Waals surface area contributed by atoms with Crippen LogP contribution in [-0.4, -0.2) is 17.6 Å². The highest BCUT2D eigenvalue weighted by atomic mass is 16.5. The molecule has 0 spiro atoms. The van der Waals surface area contributed by atoms with Crippen LogP contribution >= 0.6 is 0 Å². The summed E-state index contributed by atoms with van der Waals surface area (Å²) in [6.45, 7) is 2.23. The first-order valence-electron chi connectivity index (χ1n) is 4.55. The third-order valence-electron chi connectivity index (χ3n) is 1.61. The van der Waals surface area contributed by atoms with Gasteiger partial charge in [0.05, 0.1) is 13.0 Å². The van der Waals surface area contributed by atoms with Crippen molar-refractivity contribution in [1.29, 1.82) is 0 Å². The highest BCUT2D eigenvalue weighted by molar-refractivity contribution is 5.72. The minimum Gasteiger partial charge on any atom is -0.466 e. The SMILES string of the molecule is CCOC(=O)CC=Cc1ccncc1. The number of nitrogens with zero attached hydrogens (tertiary/aromatic N) is 1. The minimum absolute atomic E-state index is 0.196. The van der Waals surface area contributed by atoms with Crippen molar-refractivity contribution in [2.75, 3.05) is 6.61 Å². The van der Waals surface area contributed by atoms with Crippen molar-refractivity contribution >= 4 is 12.0 Å². The maximum absolute atomic E-state index is 10.9. The van der Waals surface area contributed by atoms with Crippen molar-refractivity contribution in [3.63, 3.8) is 0 Å². The van der Waals surface area contributed by atoms with Crippen LogP contribution in [0.4, 0.5) is 0 Å². The van der Waals surface area contributed by atoms with Gasteiger partial charge in [-0.25, -0.2) is 0 Å². The summed E-state index contributed by atoms with van der Waals surface area (Å²) in [5.41, 5.74) is 1.03. The van der Waals surface area contributed by atoms with E-state index in [-0.39, 0.29) is 5.97 Å². The molecular formula is C11H13NO2. The molecule has 3 nitrogen and oxygen atoms in total. The van der Waals surface area contributed by atoms with Gasteiger partial charge in [0.2, 0.25) is 0 Å². The number of esters is 1. The van der Waals surface area contributed by atoms with E-state index in [1.807, 2.05) is 18.2 Å². The first-order chi connectivity index (χ1) is 6.83. The lowest BCUT2D eigenvalue weighted by atomic mass is 10.2. The summed E-state index contributed by atoms with van der Waals surface area (Å²) in [4.78, 5) is 14.8. The highest BCUT2D eigenvalue weighted by Crippen LogP contribution is 2.00. The van der Waals surface area contributed by atoms with E-state index >= 15 is 0 Å². The molecule has 0 bridgehead atoms. The number of carbonyl (C=O) groups excluding carboxylic acids is 1. The van der Waals surface area contributed by atoms with Crippen LogP contribution in [-0.2, 0) is 9.53 Å². The summed E-state index contributed by atoms with van der Waals surface area (Å²) in [5.74, 6) is -0.196. The lowest BCUT2D eigenvalue weighted by Crippen LogP contribution is -2.01. The Morgan fingerprint density at radius 2 is 2.21 bits per heavy atom. The van der Waals surface area contributed by atoms with Crippen LogP contribution in [0.15, 0.2) is 30.6 Å². The van der Waals surface area contributed by atoms with Gasteiger partial charge in [0, 0.05) is 12.4 Å². The van der Waals surface area contributed by atoms with Gasteiger partial charge in [-0.1, -0.05) is 12.2 Å². The Hall–Kier alpha value is -1.64. The minimum atomic E-state index is -0.196. The zero-order chi connectivity index (χ0) is 10.2. The number of pyridine rings is 1. The molecule has 0 radical (unpaired) electrons. The van der Waals surface area contributed by atoms with Crippen LogP contribution in [0, 0.1) is 0 Å². The van der Waals surface area contributed by atoms with E-state index in [0.717, 1.165) is 5.56 Å². The average molecular weight is 191 g/mol. The number of carbonyl (C=O) groups is 1. The van der Waals surface area contributed by atoms with Gasteiger partial charge in [-0.3, -0.25) is 9.78 Å². The Morgan fingerprint density at radius 3 is 2.86 bits per heavy atom. The van der Waals surface area contributed by atoms with Crippen molar-refractivity contribution < 1.29 is 9.53 Å². The molecule has 0 aliphatic heterocycles. The quantitative estimate of drug-likeness (QED) is 0.684. The number of hydrogen-bond donors (Lipinski definition) is 0. The second-order valence-corrected chi connectivity index (χ2v) is 2.69. The molecule has 0 saturated heterocycles. The average Bonchev–Trinajstić information content (AvgIpc) is 2.20. The van der Waals surface area contributed by atoms with Crippen molar-refractivity contribution in [3.8, 4) is 0 Å². The van der Waals surface area contributed by atoms with Crippen LogP contribution < -0.4 is 0 Å². The summed E-state index contributed by atoms with van der Waals surface area (Å²) >= 11 is 0. The lowest BCUT2D eigenvalue weighted by Gasteiger charge is -1.96. The maximum Gasteiger partial charge on any atom is 0.309 e. The molecule has 1 rings (SSSR count). The van der Waals surface area contributed by atoms with Crippen LogP contribution in [0.2, 0.25) is 0 Å². The third kappa shape index (κ3) is 3.85. The van der Waals surface area contributed by atoms with Gasteiger partial charge in [0.15, 0.2) is 0 Å². The summed E-state index contributed by atoms with van der Waals surface area (Å²) in [7, 11) is 0. The molecule has 0 aliphatic carbocycles. The highest BCUT2D eigenvalue weighted by Gasteiger charge is 1.95. The molecule has 0 saturated carbocycles. The largest absolute Gasteiger partial charge is 0.466 e. The molecule has 1 aromatic heterocycles. The molecule has 1 aromatic rings. The van der Waals surface area contributed by atoms with Gasteiger partial charge in [-0.2, -0.15) is 0 Å². The van der Waals surface area contributed by atoms with E-state index in [9.17, 15) is 4.79 Å². The number of hydrogen-bond acceptors (Lipinski definition) is 3. The van der Waals surface area contributed by atoms with E-state index < -0.39 is 0 Å². The number of ether oxygens (including phenoxy) is 1. The Labute approximate surface area is 83.4 Å². The Balaban J connectivity index is 2.38. The smallest absolute Gasteiger partial charge is 0.309 e. The fourth-order valence-corrected chi connectivity index (χ4v) is 0.986. The fourth-order valence-electron chi connectivity index (χ4n) is 0.986. The Morgan fingerprint density at radius 1 is 1.50 bits per heavy atom. The molecule has 0 aromatic carbocycles. The third-order valence-corrected chi connectivity index (χ3v) is 1.61. The molecule has 74 valence electrons. The van der Waals surface area contributed by atoms with E-state index in [1.54, 1.807) is 25.4 Å². The zero-order valence-corrected chi connectivity index (χ0v) is 8.14. The van der Waals surface area contributed by atoms with Crippen LogP contribution in [0.1, 0.15) is 18.9 Å². The molecule has 0 aliphatic rings. The van der Waals surface area contributed by atoms with Crippen molar-refractivity contribution in [2.45, 2.75) is 13.3 Å². The summed E-state index contributed by atoms with van der Waals surface area (Å²) < 4.78 is 4.78. The summed E-state index contributed by atoms with van der Waals surface area (Å²) in [6, 6.07) is 3.75. The maximum atomic E-state index is 10.9. The summed E-state index contributed by atoms with van der Waals surface area (Å²) in [5, 5.41) is 0. The normalized spacial score (nSPS) is 10.4. The number of rotatable bonds is 4. The lowest BCUT2D eigenvalue weighted by molar-refractivity contribution is -0.142. The second kappa shape index (κ2) is 5.91. The molecule has 0 atom stereocenters. The van der Waals surface area contributed by atoms with E-state index in [2.05, 4.69) is 4.98 Å². The van der Waals surface area contributed by atoms with Crippen molar-refractivity contribution in [1.82, 2.24) is 4.98 Å². The zero-order valence-electron chi connectivity index (χ0n) is 8.14. The van der Waals surface area contributed by atoms with Gasteiger partial charge in [0.25, 0.3) is 0 Å². The molecule has 0 unspecified atom stereocenters. The van der Waals surface area contributed by atoms with Gasteiger partial charge < -0.3 is 4.74 Å². The predicted molar refractivity (Wildman–Crippen MR) is 54.5 cm³/mol. The van der Waals surface area contributed by atoms with Gasteiger partial charge in [-0.05, 0) is 24.6 Å². The van der Waals surface area contributed by atoms with Gasteiger partial charge in [-0.15, -0.1) is 0 Å². The van der Waals surface area contributed by atoms with Gasteiger partial charge >= 0.3 is 5.97 Å². The van der Waals surface area contributed by atoms with Gasteiger partial charge in [0.1, 0.15) is 0 Å². The second-order valence-electron chi connectivity index (χ2n) is 2.69. The molecule has 3 heteroatoms. The Bertz CT molecular complexity index is 306. The first kappa shape index (κ1) is 10.4. The van der Waals surface area contributed by atoms with Crippen molar-refractivity contribution in [2.24, 2.45) is 0 Å². The molecule has 0 N–H and O–H groups in total. The van der Waals surface area contributed by atoms with Crippen LogP contribution in [0.5, 0.6) is 0 Å². The van der Waals surface area contributed by atoms with E-state index in [4.69, 9.17) is 4.74 Å². The molecule has 14 heavy (non-hydrogen) atoms. The van der Waals surface area contributed by atoms with E-state index in [1.165, 1.54) is 0 Å². The van der Waals surface area contributed by atoms with Crippen molar-refractivity contribution in [3.05, 3.63) is 36.2 Å². The molecule has 1 heterocycles. The standard InChI is InChI=1S/C11H13NO2/c1-2-14-11(13)5-3-4-10-6-8-12-9-7-10/h3-4,6-9H,2,5H2,1H3. The predicted octanol–water partition coefficient (Wildman–Crippen LogP) is 2.05. The molecule has 0 fully saturated rings. The monoisotopic (exact) mass is 191 g/mol. The summed E-state index contributed by atoms with van der Waals surface area (Å²) in [6.07, 6.45) is 7.40. The van der Waals surface area contributed by atoms with E-state index in [0.29, 0.717) is 13.0 Å². The van der Waals surface area contributed by atoms with Crippen LogP contribution in [0.3, 0.4) is 0 Å². The number of aromatic nitrogens is 1. The molecule has 0 amide bonds. The van der Waals surface area contributed by atoms with Crippen LogP contribution in [0.25, 0.3) is 6.08 Å². The topological polar surface area (TPSA) is 39.2 Å².